The van der Waals surface area contributed by atoms with Gasteiger partial charge in [-0.1, -0.05) is 6.08 Å². The van der Waals surface area contributed by atoms with Gasteiger partial charge in [0.1, 0.15) is 0 Å². The molecule has 0 aliphatic carbocycles. The van der Waals surface area contributed by atoms with Crippen LogP contribution in [0.3, 0.4) is 0 Å². The molecule has 0 fully saturated rings. The van der Waals surface area contributed by atoms with E-state index in [1.165, 1.54) is 12.5 Å². The van der Waals surface area contributed by atoms with E-state index < -0.39 is 0 Å². The molecule has 0 saturated heterocycles. The predicted octanol–water partition coefficient (Wildman–Crippen LogP) is 3.83. The van der Waals surface area contributed by atoms with Gasteiger partial charge < -0.3 is 4.74 Å². The Morgan fingerprint density at radius 3 is 2.71 bits per heavy atom. The number of unbranched alkanes of at least 4 members (excludes halogenated alkanes) is 2. The standard InChI is InChI=1S/C13H21NO3/c1-4-8-13(11-17-3)10-7-5-6-9-12(2)14(15)16/h4,9,11H,1,5-8,10H2,2-3H3/b12-9+,13-11-. The maximum atomic E-state index is 10.3. The molecular formula is C13H21NO3. The lowest BCUT2D eigenvalue weighted by Crippen LogP contribution is -1.93. The normalized spacial score (nSPS) is 12.4. The highest BCUT2D eigenvalue weighted by Crippen LogP contribution is 2.13. The van der Waals surface area contributed by atoms with Crippen molar-refractivity contribution in [2.24, 2.45) is 0 Å². The zero-order valence-electron chi connectivity index (χ0n) is 10.6. The lowest BCUT2D eigenvalue weighted by molar-refractivity contribution is -0.424. The zero-order chi connectivity index (χ0) is 13.1. The molecule has 0 aromatic rings. The number of hydrogen-bond donors (Lipinski definition) is 0. The summed E-state index contributed by atoms with van der Waals surface area (Å²) in [7, 11) is 1.63. The lowest BCUT2D eigenvalue weighted by atomic mass is 10.1. The monoisotopic (exact) mass is 239 g/mol. The highest BCUT2D eigenvalue weighted by atomic mass is 16.6. The van der Waals surface area contributed by atoms with E-state index in [0.29, 0.717) is 0 Å². The molecule has 4 nitrogen and oxygen atoms in total. The molecule has 4 heteroatoms. The molecule has 0 aromatic heterocycles. The first-order chi connectivity index (χ1) is 8.11. The molecule has 0 atom stereocenters. The van der Waals surface area contributed by atoms with E-state index in [9.17, 15) is 10.1 Å². The van der Waals surface area contributed by atoms with Crippen LogP contribution in [0, 0.1) is 10.1 Å². The van der Waals surface area contributed by atoms with Gasteiger partial charge in [-0.3, -0.25) is 10.1 Å². The molecule has 17 heavy (non-hydrogen) atoms. The Balaban J connectivity index is 3.83. The van der Waals surface area contributed by atoms with Gasteiger partial charge in [0.2, 0.25) is 5.70 Å². The number of nitro groups is 1. The summed E-state index contributed by atoms with van der Waals surface area (Å²) in [5, 5.41) is 10.3. The number of allylic oxidation sites excluding steroid dienone is 4. The van der Waals surface area contributed by atoms with Crippen molar-refractivity contribution in [2.45, 2.75) is 39.0 Å². The van der Waals surface area contributed by atoms with Crippen molar-refractivity contribution in [3.63, 3.8) is 0 Å². The smallest absolute Gasteiger partial charge is 0.239 e. The summed E-state index contributed by atoms with van der Waals surface area (Å²) in [4.78, 5) is 9.99. The van der Waals surface area contributed by atoms with E-state index >= 15 is 0 Å². The summed E-state index contributed by atoms with van der Waals surface area (Å²) >= 11 is 0. The average Bonchev–Trinajstić information content (AvgIpc) is 2.28. The van der Waals surface area contributed by atoms with Gasteiger partial charge in [-0.15, -0.1) is 6.58 Å². The molecule has 0 N–H and O–H groups in total. The zero-order valence-corrected chi connectivity index (χ0v) is 10.6. The maximum absolute atomic E-state index is 10.3. The quantitative estimate of drug-likeness (QED) is 0.202. The van der Waals surface area contributed by atoms with Crippen LogP contribution in [0.1, 0.15) is 39.0 Å². The van der Waals surface area contributed by atoms with Gasteiger partial charge in [0, 0.05) is 6.92 Å². The molecule has 0 aliphatic rings. The Morgan fingerprint density at radius 2 is 2.18 bits per heavy atom. The molecular weight excluding hydrogens is 218 g/mol. The first kappa shape index (κ1) is 15.4. The number of rotatable bonds is 9. The Morgan fingerprint density at radius 1 is 1.47 bits per heavy atom. The SMILES string of the molecule is C=CC/C(=C/OC)CCCC/C=C(\C)[N+](=O)[O-]. The van der Waals surface area contributed by atoms with Crippen molar-refractivity contribution in [1.82, 2.24) is 0 Å². The molecule has 0 rings (SSSR count). The van der Waals surface area contributed by atoms with Crippen molar-refractivity contribution < 1.29 is 9.66 Å². The summed E-state index contributed by atoms with van der Waals surface area (Å²) in [5.41, 5.74) is 1.43. The minimum atomic E-state index is -0.353. The van der Waals surface area contributed by atoms with Gasteiger partial charge in [-0.05, 0) is 43.8 Å². The summed E-state index contributed by atoms with van der Waals surface area (Å²) < 4.78 is 4.97. The van der Waals surface area contributed by atoms with Crippen LogP contribution < -0.4 is 0 Å². The second-order valence-corrected chi connectivity index (χ2v) is 3.85. The third-order valence-corrected chi connectivity index (χ3v) is 2.37. The first-order valence-corrected chi connectivity index (χ1v) is 5.74. The summed E-state index contributed by atoms with van der Waals surface area (Å²) in [6.07, 6.45) is 9.76. The van der Waals surface area contributed by atoms with Crippen LogP contribution in [-0.4, -0.2) is 12.0 Å². The van der Waals surface area contributed by atoms with Gasteiger partial charge in [-0.2, -0.15) is 0 Å². The van der Waals surface area contributed by atoms with Gasteiger partial charge in [0.25, 0.3) is 0 Å². The second-order valence-electron chi connectivity index (χ2n) is 3.85. The fourth-order valence-electron chi connectivity index (χ4n) is 1.44. The van der Waals surface area contributed by atoms with Crippen molar-refractivity contribution in [3.8, 4) is 0 Å². The van der Waals surface area contributed by atoms with Crippen LogP contribution in [0.5, 0.6) is 0 Å². The van der Waals surface area contributed by atoms with Crippen molar-refractivity contribution in [1.29, 1.82) is 0 Å². The highest BCUT2D eigenvalue weighted by Gasteiger charge is 2.00. The lowest BCUT2D eigenvalue weighted by Gasteiger charge is -2.03. The van der Waals surface area contributed by atoms with Crippen LogP contribution in [0.4, 0.5) is 0 Å². The molecule has 0 spiro atoms. The molecule has 0 radical (unpaired) electrons. The van der Waals surface area contributed by atoms with E-state index in [4.69, 9.17) is 4.74 Å². The minimum Gasteiger partial charge on any atom is -0.504 e. The van der Waals surface area contributed by atoms with Crippen LogP contribution in [0.25, 0.3) is 0 Å². The van der Waals surface area contributed by atoms with E-state index in [-0.39, 0.29) is 10.6 Å². The fraction of sp³-hybridized carbons (Fsp3) is 0.538. The maximum Gasteiger partial charge on any atom is 0.239 e. The molecule has 96 valence electrons. The van der Waals surface area contributed by atoms with Crippen LogP contribution in [-0.2, 0) is 4.74 Å². The van der Waals surface area contributed by atoms with E-state index in [1.54, 1.807) is 19.4 Å². The molecule has 0 unspecified atom stereocenters. The van der Waals surface area contributed by atoms with Gasteiger partial charge >= 0.3 is 0 Å². The van der Waals surface area contributed by atoms with Crippen molar-refractivity contribution >= 4 is 0 Å². The fourth-order valence-corrected chi connectivity index (χ4v) is 1.44. The first-order valence-electron chi connectivity index (χ1n) is 5.74. The van der Waals surface area contributed by atoms with Gasteiger partial charge in [0.15, 0.2) is 0 Å². The van der Waals surface area contributed by atoms with Crippen molar-refractivity contribution in [2.75, 3.05) is 7.11 Å². The third kappa shape index (κ3) is 8.25. The van der Waals surface area contributed by atoms with E-state index in [0.717, 1.165) is 32.1 Å². The van der Waals surface area contributed by atoms with E-state index in [1.807, 2.05) is 6.08 Å². The third-order valence-electron chi connectivity index (χ3n) is 2.37. The van der Waals surface area contributed by atoms with Crippen LogP contribution in [0.2, 0.25) is 0 Å². The largest absolute Gasteiger partial charge is 0.504 e. The Hall–Kier alpha value is -1.58. The molecule has 0 amide bonds. The Bertz CT molecular complexity index is 306. The molecule has 0 aromatic carbocycles. The van der Waals surface area contributed by atoms with Gasteiger partial charge in [0.05, 0.1) is 18.3 Å². The van der Waals surface area contributed by atoms with Crippen LogP contribution >= 0.6 is 0 Å². The summed E-state index contributed by atoms with van der Waals surface area (Å²) in [6.45, 7) is 5.21. The minimum absolute atomic E-state index is 0.226. The molecule has 0 saturated carbocycles. The topological polar surface area (TPSA) is 52.4 Å². The molecule has 0 aliphatic heterocycles. The second kappa shape index (κ2) is 9.63. The van der Waals surface area contributed by atoms with Crippen molar-refractivity contribution in [3.05, 3.63) is 46.4 Å². The number of nitrogens with zero attached hydrogens (tertiary/aromatic N) is 1. The highest BCUT2D eigenvalue weighted by molar-refractivity contribution is 5.03. The number of hydrogen-bond acceptors (Lipinski definition) is 3. The summed E-state index contributed by atoms with van der Waals surface area (Å²) in [5.74, 6) is 0. The average molecular weight is 239 g/mol. The molecule has 0 heterocycles. The van der Waals surface area contributed by atoms with E-state index in [2.05, 4.69) is 6.58 Å². The predicted molar refractivity (Wildman–Crippen MR) is 69.1 cm³/mol. The van der Waals surface area contributed by atoms with Crippen LogP contribution in [0.15, 0.2) is 36.3 Å². The van der Waals surface area contributed by atoms with Gasteiger partial charge in [-0.25, -0.2) is 0 Å². The number of ether oxygens (including phenoxy) is 1. The summed E-state index contributed by atoms with van der Waals surface area (Å²) in [6, 6.07) is 0. The number of methoxy groups -OCH3 is 1. The Kier molecular flexibility index (Phi) is 8.74. The Labute approximate surface area is 103 Å². The molecule has 0 bridgehead atoms.